The van der Waals surface area contributed by atoms with Gasteiger partial charge in [0.1, 0.15) is 11.6 Å². The Hall–Kier alpha value is -2.65. The van der Waals surface area contributed by atoms with Crippen molar-refractivity contribution in [3.63, 3.8) is 0 Å². The summed E-state index contributed by atoms with van der Waals surface area (Å²) < 4.78 is 40.4. The second kappa shape index (κ2) is 8.23. The third kappa shape index (κ3) is 4.41. The maximum absolute atomic E-state index is 12.8. The monoisotopic (exact) mass is 436 g/mol. The zero-order valence-electron chi connectivity index (χ0n) is 16.3. The van der Waals surface area contributed by atoms with Crippen molar-refractivity contribution in [2.75, 3.05) is 31.1 Å². The second-order valence-corrected chi connectivity index (χ2v) is 7.53. The molecule has 1 saturated heterocycles. The fourth-order valence-corrected chi connectivity index (χ4v) is 3.75. The Morgan fingerprint density at radius 2 is 1.77 bits per heavy atom. The number of hydrogen-bond donors (Lipinski definition) is 0. The molecule has 0 radical (unpaired) electrons. The van der Waals surface area contributed by atoms with Crippen LogP contribution in [0.4, 0.5) is 19.0 Å². The minimum absolute atomic E-state index is 0.0107. The summed E-state index contributed by atoms with van der Waals surface area (Å²) in [6, 6.07) is 10.8. The molecular formula is C20H20ClF3N6. The summed E-state index contributed by atoms with van der Waals surface area (Å²) in [5, 5.41) is 4.53. The summed E-state index contributed by atoms with van der Waals surface area (Å²) in [4.78, 5) is 12.6. The molecule has 2 aromatic heterocycles. The molecule has 1 fully saturated rings. The van der Waals surface area contributed by atoms with Gasteiger partial charge in [-0.2, -0.15) is 18.3 Å². The highest BCUT2D eigenvalue weighted by Gasteiger charge is 2.32. The number of aromatic nitrogens is 4. The minimum Gasteiger partial charge on any atom is -0.353 e. The van der Waals surface area contributed by atoms with E-state index < -0.39 is 11.7 Å². The molecular weight excluding hydrogens is 417 g/mol. The topological polar surface area (TPSA) is 50.1 Å². The molecule has 1 aromatic carbocycles. The van der Waals surface area contributed by atoms with Crippen LogP contribution in [0.1, 0.15) is 11.4 Å². The molecule has 1 aliphatic rings. The lowest BCUT2D eigenvalue weighted by Gasteiger charge is -2.35. The van der Waals surface area contributed by atoms with Gasteiger partial charge in [-0.3, -0.25) is 4.90 Å². The van der Waals surface area contributed by atoms with Crippen molar-refractivity contribution in [1.82, 2.24) is 24.6 Å². The van der Waals surface area contributed by atoms with Crippen LogP contribution in [0, 0.1) is 6.92 Å². The number of nitrogens with zero attached hydrogens (tertiary/aromatic N) is 6. The van der Waals surface area contributed by atoms with Crippen LogP contribution in [0.5, 0.6) is 0 Å². The van der Waals surface area contributed by atoms with E-state index in [0.717, 1.165) is 23.7 Å². The van der Waals surface area contributed by atoms with E-state index in [9.17, 15) is 13.2 Å². The van der Waals surface area contributed by atoms with Crippen LogP contribution in [0.2, 0.25) is 5.02 Å². The number of halogens is 4. The lowest BCUT2D eigenvalue weighted by molar-refractivity contribution is -0.137. The normalized spacial score (nSPS) is 15.6. The summed E-state index contributed by atoms with van der Waals surface area (Å²) >= 11 is 6.09. The number of hydrogen-bond acceptors (Lipinski definition) is 5. The summed E-state index contributed by atoms with van der Waals surface area (Å²) in [5.41, 5.74) is 0.155. The van der Waals surface area contributed by atoms with Crippen LogP contribution in [0.15, 0.2) is 42.6 Å². The van der Waals surface area contributed by atoms with E-state index in [1.165, 1.54) is 0 Å². The molecule has 0 atom stereocenters. The van der Waals surface area contributed by atoms with Crippen LogP contribution >= 0.6 is 11.6 Å². The van der Waals surface area contributed by atoms with Crippen LogP contribution in [0.25, 0.3) is 11.4 Å². The van der Waals surface area contributed by atoms with Crippen molar-refractivity contribution in [3.05, 3.63) is 59.0 Å². The molecule has 4 rings (SSSR count). The Morgan fingerprint density at radius 1 is 1.07 bits per heavy atom. The smallest absolute Gasteiger partial charge is 0.353 e. The summed E-state index contributed by atoms with van der Waals surface area (Å²) in [6.45, 7) is 5.05. The van der Waals surface area contributed by atoms with E-state index in [4.69, 9.17) is 11.6 Å². The van der Waals surface area contributed by atoms with Gasteiger partial charge in [-0.25, -0.2) is 14.6 Å². The molecule has 0 spiro atoms. The average molecular weight is 437 g/mol. The summed E-state index contributed by atoms with van der Waals surface area (Å²) in [5.74, 6) is 1.89. The van der Waals surface area contributed by atoms with Gasteiger partial charge in [-0.05, 0) is 13.0 Å². The van der Waals surface area contributed by atoms with Gasteiger partial charge in [0.25, 0.3) is 0 Å². The van der Waals surface area contributed by atoms with Crippen molar-refractivity contribution in [1.29, 1.82) is 0 Å². The molecule has 1 aliphatic heterocycles. The lowest BCUT2D eigenvalue weighted by atomic mass is 10.2. The van der Waals surface area contributed by atoms with Crippen molar-refractivity contribution in [3.8, 4) is 11.4 Å². The molecule has 30 heavy (non-hydrogen) atoms. The van der Waals surface area contributed by atoms with Crippen molar-refractivity contribution < 1.29 is 13.2 Å². The number of pyridine rings is 1. The highest BCUT2D eigenvalue weighted by molar-refractivity contribution is 6.33. The Kier molecular flexibility index (Phi) is 5.66. The molecule has 0 aliphatic carbocycles. The highest BCUT2D eigenvalue weighted by Crippen LogP contribution is 2.33. The predicted octanol–water partition coefficient (Wildman–Crippen LogP) is 4.10. The van der Waals surface area contributed by atoms with Crippen LogP contribution in [-0.4, -0.2) is 50.8 Å². The Balaban J connectivity index is 1.43. The first-order valence-corrected chi connectivity index (χ1v) is 9.86. The van der Waals surface area contributed by atoms with Crippen LogP contribution in [-0.2, 0) is 12.8 Å². The van der Waals surface area contributed by atoms with Gasteiger partial charge in [0.05, 0.1) is 17.3 Å². The molecule has 0 bridgehead atoms. The molecule has 10 heteroatoms. The van der Waals surface area contributed by atoms with E-state index in [1.807, 2.05) is 46.8 Å². The average Bonchev–Trinajstić information content (AvgIpc) is 3.09. The molecule has 0 amide bonds. The second-order valence-electron chi connectivity index (χ2n) is 7.12. The van der Waals surface area contributed by atoms with Gasteiger partial charge in [0.15, 0.2) is 5.82 Å². The third-order valence-corrected chi connectivity index (χ3v) is 5.24. The fourth-order valence-electron chi connectivity index (χ4n) is 3.46. The van der Waals surface area contributed by atoms with Gasteiger partial charge in [-0.15, -0.1) is 0 Å². The Labute approximate surface area is 176 Å². The predicted molar refractivity (Wildman–Crippen MR) is 108 cm³/mol. The molecule has 3 aromatic rings. The number of anilines is 1. The number of aryl methyl sites for hydroxylation is 1. The quantitative estimate of drug-likeness (QED) is 0.616. The molecule has 0 saturated carbocycles. The highest BCUT2D eigenvalue weighted by atomic mass is 35.5. The number of alkyl halides is 3. The summed E-state index contributed by atoms with van der Waals surface area (Å²) in [6.07, 6.45) is -3.63. The van der Waals surface area contributed by atoms with Crippen molar-refractivity contribution in [2.24, 2.45) is 0 Å². The van der Waals surface area contributed by atoms with Crippen LogP contribution < -0.4 is 4.90 Å². The number of benzene rings is 1. The van der Waals surface area contributed by atoms with Crippen molar-refractivity contribution in [2.45, 2.75) is 19.8 Å². The molecule has 0 unspecified atom stereocenters. The SMILES string of the molecule is Cc1nc(-c2ccccc2)n(CN2CCN(c3ncc(C(F)(F)F)cc3Cl)CC2)n1. The third-order valence-electron chi connectivity index (χ3n) is 4.96. The van der Waals surface area contributed by atoms with E-state index >= 15 is 0 Å². The van der Waals surface area contributed by atoms with Gasteiger partial charge >= 0.3 is 6.18 Å². The standard InChI is InChI=1S/C20H20ClF3N6/c1-14-26-18(15-5-3-2-4-6-15)30(27-14)13-28-7-9-29(10-8-28)19-17(21)11-16(12-25-19)20(22,23)24/h2-6,11-12H,7-10,13H2,1H3. The van der Waals surface area contributed by atoms with E-state index in [2.05, 4.69) is 20.0 Å². The van der Waals surface area contributed by atoms with Gasteiger partial charge in [0, 0.05) is 37.9 Å². The largest absolute Gasteiger partial charge is 0.417 e. The molecule has 3 heterocycles. The first-order chi connectivity index (χ1) is 14.3. The van der Waals surface area contributed by atoms with Gasteiger partial charge in [-0.1, -0.05) is 41.9 Å². The number of rotatable bonds is 4. The van der Waals surface area contributed by atoms with Crippen molar-refractivity contribution >= 4 is 17.4 Å². The molecule has 6 nitrogen and oxygen atoms in total. The van der Waals surface area contributed by atoms with E-state index in [-0.39, 0.29) is 5.02 Å². The minimum atomic E-state index is -4.46. The first kappa shape index (κ1) is 20.6. The Morgan fingerprint density at radius 3 is 2.40 bits per heavy atom. The zero-order chi connectivity index (χ0) is 21.3. The maximum atomic E-state index is 12.8. The maximum Gasteiger partial charge on any atom is 0.417 e. The fraction of sp³-hybridized carbons (Fsp3) is 0.350. The number of piperazine rings is 1. The first-order valence-electron chi connectivity index (χ1n) is 9.48. The lowest BCUT2D eigenvalue weighted by Crippen LogP contribution is -2.47. The molecule has 158 valence electrons. The zero-order valence-corrected chi connectivity index (χ0v) is 17.0. The van der Waals surface area contributed by atoms with Gasteiger partial charge < -0.3 is 4.90 Å². The van der Waals surface area contributed by atoms with Crippen LogP contribution in [0.3, 0.4) is 0 Å². The van der Waals surface area contributed by atoms with Gasteiger partial charge in [0.2, 0.25) is 0 Å². The van der Waals surface area contributed by atoms with E-state index in [0.29, 0.717) is 44.5 Å². The summed E-state index contributed by atoms with van der Waals surface area (Å²) in [7, 11) is 0. The van der Waals surface area contributed by atoms with E-state index in [1.54, 1.807) is 0 Å². The molecule has 0 N–H and O–H groups in total. The Bertz CT molecular complexity index is 1010.